The Morgan fingerprint density at radius 1 is 1.10 bits per heavy atom. The van der Waals surface area contributed by atoms with Gasteiger partial charge in [0.2, 0.25) is 5.95 Å². The number of hydrogen-bond donors (Lipinski definition) is 7. The number of anilines is 1. The molecular weight excluding hydrogens is 592 g/mol. The number of aromatic nitrogens is 4. The van der Waals surface area contributed by atoms with Gasteiger partial charge in [-0.15, -0.1) is 0 Å². The maximum atomic E-state index is 12.2. The lowest BCUT2D eigenvalue weighted by Gasteiger charge is -2.39. The van der Waals surface area contributed by atoms with Crippen molar-refractivity contribution in [3.05, 3.63) is 16.7 Å². The molecule has 40 heavy (non-hydrogen) atoms. The predicted molar refractivity (Wildman–Crippen MR) is 119 cm³/mol. The van der Waals surface area contributed by atoms with E-state index in [1.165, 1.54) is 0 Å². The lowest BCUT2D eigenvalue weighted by atomic mass is 9.99. The molecule has 0 saturated carbocycles. The first-order chi connectivity index (χ1) is 18.6. The van der Waals surface area contributed by atoms with E-state index in [-0.39, 0.29) is 17.1 Å². The van der Waals surface area contributed by atoms with Crippen molar-refractivity contribution >= 4 is 38.5 Å². The maximum Gasteiger partial charge on any atom is 0.280 e. The zero-order valence-electron chi connectivity index (χ0n) is 19.9. The summed E-state index contributed by atoms with van der Waals surface area (Å²) in [6.45, 7) is -1.71. The number of aliphatic hydroxyl groups excluding tert-OH is 5. The van der Waals surface area contributed by atoms with Crippen LogP contribution in [0.25, 0.3) is 11.2 Å². The molecule has 2 unspecified atom stereocenters. The van der Waals surface area contributed by atoms with Crippen molar-refractivity contribution in [2.75, 3.05) is 18.9 Å². The lowest BCUT2D eigenvalue weighted by molar-refractivity contribution is -0.278. The quantitative estimate of drug-likeness (QED) is 0.123. The summed E-state index contributed by atoms with van der Waals surface area (Å²) in [5, 5.41) is 49.3. The number of nitrogens with two attached hydrogens (primary N) is 1. The Morgan fingerprint density at radius 3 is 2.48 bits per heavy atom. The van der Waals surface area contributed by atoms with Gasteiger partial charge in [-0.2, -0.15) is 4.98 Å². The normalized spacial score (nSPS) is 34.1. The number of aromatic amines is 1. The minimum Gasteiger partial charge on any atom is -0.756 e. The zero-order chi connectivity index (χ0) is 29.6. The van der Waals surface area contributed by atoms with Crippen molar-refractivity contribution in [1.82, 2.24) is 19.5 Å². The molecule has 0 aromatic carbocycles. The Hall–Kier alpha value is -2.20. The molecule has 2 aromatic rings. The molecule has 2 fully saturated rings. The Bertz CT molecular complexity index is 1400. The van der Waals surface area contributed by atoms with E-state index < -0.39 is 95.8 Å². The van der Waals surface area contributed by atoms with Crippen molar-refractivity contribution in [3.63, 3.8) is 0 Å². The second kappa shape index (κ2) is 11.6. The van der Waals surface area contributed by atoms with Gasteiger partial charge in [-0.3, -0.25) is 32.8 Å². The number of nitrogen functional groups attached to an aromatic ring is 1. The van der Waals surface area contributed by atoms with Gasteiger partial charge >= 0.3 is 0 Å². The summed E-state index contributed by atoms with van der Waals surface area (Å²) in [5.41, 5.74) is 4.48. The van der Waals surface area contributed by atoms with E-state index in [9.17, 15) is 48.9 Å². The van der Waals surface area contributed by atoms with Gasteiger partial charge in [0.05, 0.1) is 12.9 Å². The van der Waals surface area contributed by atoms with Gasteiger partial charge in [-0.25, -0.2) is 9.29 Å². The van der Waals surface area contributed by atoms with E-state index in [4.69, 9.17) is 20.3 Å². The summed E-state index contributed by atoms with van der Waals surface area (Å²) in [5.74, 6) is -1.37. The summed E-state index contributed by atoms with van der Waals surface area (Å²) in [6, 6.07) is 0. The fourth-order valence-corrected chi connectivity index (χ4v) is 6.00. The number of aliphatic hydroxyl groups is 5. The third-order valence-corrected chi connectivity index (χ3v) is 8.32. The van der Waals surface area contributed by atoms with E-state index in [0.29, 0.717) is 0 Å². The smallest absolute Gasteiger partial charge is 0.280 e. The Balaban J connectivity index is 1.39. The minimum absolute atomic E-state index is 0.137. The van der Waals surface area contributed by atoms with Crippen LogP contribution < -0.4 is 21.1 Å². The summed E-state index contributed by atoms with van der Waals surface area (Å²) < 4.78 is 48.4. The number of phosphoric acid groups is 2. The van der Waals surface area contributed by atoms with Crippen LogP contribution in [0.1, 0.15) is 12.6 Å². The summed E-state index contributed by atoms with van der Waals surface area (Å²) in [4.78, 5) is 58.0. The van der Waals surface area contributed by atoms with Crippen LogP contribution in [0.4, 0.5) is 5.95 Å². The number of hydrogen-bond acceptors (Lipinski definition) is 19. The number of carbonyl (C=O) groups is 1. The molecule has 2 saturated heterocycles. The van der Waals surface area contributed by atoms with Crippen LogP contribution in [0.2, 0.25) is 0 Å². The Kier molecular flexibility index (Phi) is 8.91. The molecule has 2 aliphatic rings. The largest absolute Gasteiger partial charge is 0.756 e. The highest BCUT2D eigenvalue weighted by molar-refractivity contribution is 7.59. The van der Waals surface area contributed by atoms with Gasteiger partial charge in [0.1, 0.15) is 36.6 Å². The third kappa shape index (κ3) is 6.32. The SMILES string of the molecule is Nc1nc2c(ncn2[C@@H]2O[C@H](COP(=O)([O-])OP(=O)([O-])O[C@H]3O[C@H](CCO)C(=O)[C@H](O)[C@@H]3O)[C@@H](O)[C@H]2O)c(=O)[nH]1. The summed E-state index contributed by atoms with van der Waals surface area (Å²) in [7, 11) is -11.7. The van der Waals surface area contributed by atoms with Gasteiger partial charge in [-0.05, 0) is 0 Å². The predicted octanol–water partition coefficient (Wildman–Crippen LogP) is -5.29. The van der Waals surface area contributed by atoms with E-state index in [1.54, 1.807) is 0 Å². The Morgan fingerprint density at radius 2 is 1.80 bits per heavy atom. The number of H-pyrrole nitrogens is 1. The molecule has 2 aliphatic heterocycles. The molecule has 0 radical (unpaired) electrons. The summed E-state index contributed by atoms with van der Waals surface area (Å²) in [6.07, 6.45) is -14.3. The maximum absolute atomic E-state index is 12.2. The van der Waals surface area contributed by atoms with Gasteiger partial charge in [0.25, 0.3) is 21.2 Å². The number of ketones is 1. The molecule has 4 rings (SSSR count). The highest BCUT2D eigenvalue weighted by atomic mass is 31.3. The van der Waals surface area contributed by atoms with E-state index >= 15 is 0 Å². The van der Waals surface area contributed by atoms with Crippen LogP contribution in [0.3, 0.4) is 0 Å². The highest BCUT2D eigenvalue weighted by Gasteiger charge is 2.47. The van der Waals surface area contributed by atoms with Crippen molar-refractivity contribution in [2.45, 2.75) is 55.6 Å². The zero-order valence-corrected chi connectivity index (χ0v) is 21.6. The number of nitrogens with zero attached hydrogens (tertiary/aromatic N) is 3. The molecule has 8 N–H and O–H groups in total. The standard InChI is InChI=1S/C17H25N5O16P2/c18-17-20-13-7(14(29)21-17)19-4-22(13)15-11(27)9(25)6(35-15)3-34-39(30,31)38-40(32,33)37-16-12(28)10(26)8(24)5(36-16)1-2-23/h4-6,9-12,15-16,23,25-28H,1-3H2,(H,30,31)(H,32,33)(H3,18,20,21,29)/p-2/t5-,6-,9-,10+,11-,12+,15-,16-/m1/s1. The van der Waals surface area contributed by atoms with Gasteiger partial charge in [0, 0.05) is 13.0 Å². The molecule has 224 valence electrons. The molecule has 0 aliphatic carbocycles. The van der Waals surface area contributed by atoms with Gasteiger partial charge in [-0.1, -0.05) is 0 Å². The van der Waals surface area contributed by atoms with Crippen LogP contribution in [-0.2, 0) is 36.8 Å². The number of phosphoric ester groups is 2. The Labute approximate surface area is 221 Å². The first kappa shape index (κ1) is 30.8. The van der Waals surface area contributed by atoms with Gasteiger partial charge < -0.3 is 55.1 Å². The number of nitrogens with one attached hydrogen (secondary N) is 1. The van der Waals surface area contributed by atoms with Crippen molar-refractivity contribution in [3.8, 4) is 0 Å². The number of Topliss-reactive ketones (excluding diaryl/α,β-unsaturated/α-hetero) is 1. The number of ether oxygens (including phenoxy) is 2. The third-order valence-electron chi connectivity index (χ3n) is 5.79. The first-order valence-electron chi connectivity index (χ1n) is 11.2. The highest BCUT2D eigenvalue weighted by Crippen LogP contribution is 2.57. The fourth-order valence-electron chi connectivity index (χ4n) is 3.92. The molecule has 4 heterocycles. The monoisotopic (exact) mass is 615 g/mol. The number of carbonyl (C=O) groups excluding carboxylic acids is 1. The van der Waals surface area contributed by atoms with E-state index in [1.807, 2.05) is 0 Å². The van der Waals surface area contributed by atoms with E-state index in [0.717, 1.165) is 10.9 Å². The first-order valence-corrected chi connectivity index (χ1v) is 14.1. The molecule has 10 atom stereocenters. The van der Waals surface area contributed by atoms with Crippen LogP contribution in [0.15, 0.2) is 11.1 Å². The molecule has 23 heteroatoms. The van der Waals surface area contributed by atoms with Crippen molar-refractivity contribution in [2.24, 2.45) is 0 Å². The summed E-state index contributed by atoms with van der Waals surface area (Å²) >= 11 is 0. The fraction of sp³-hybridized carbons (Fsp3) is 0.647. The average molecular weight is 615 g/mol. The van der Waals surface area contributed by atoms with Crippen LogP contribution in [0.5, 0.6) is 0 Å². The van der Waals surface area contributed by atoms with E-state index in [2.05, 4.69) is 28.3 Å². The minimum atomic E-state index is -5.93. The van der Waals surface area contributed by atoms with Crippen LogP contribution in [0, 0.1) is 0 Å². The average Bonchev–Trinajstić information content (AvgIpc) is 3.39. The molecule has 0 amide bonds. The van der Waals surface area contributed by atoms with Crippen molar-refractivity contribution < 1.29 is 72.1 Å². The van der Waals surface area contributed by atoms with Gasteiger partial charge in [0.15, 0.2) is 29.5 Å². The number of imidazole rings is 1. The second-order valence-electron chi connectivity index (χ2n) is 8.54. The number of rotatable bonds is 10. The van der Waals surface area contributed by atoms with Crippen molar-refractivity contribution in [1.29, 1.82) is 0 Å². The molecule has 21 nitrogen and oxygen atoms in total. The molecule has 0 bridgehead atoms. The molecule has 0 spiro atoms. The number of fused-ring (bicyclic) bond motifs is 1. The molecular formula is C17H23N5O16P2-2. The topological polar surface area (TPSA) is 334 Å². The second-order valence-corrected chi connectivity index (χ2v) is 11.5. The van der Waals surface area contributed by atoms with Crippen LogP contribution >= 0.6 is 15.6 Å². The van der Waals surface area contributed by atoms with Crippen LogP contribution in [-0.4, -0.2) is 107 Å². The molecule has 2 aromatic heterocycles. The lowest BCUT2D eigenvalue weighted by Crippen LogP contribution is -2.56.